The molecule has 1 aliphatic heterocycles. The molecule has 0 N–H and O–H groups in total. The van der Waals surface area contributed by atoms with Crippen molar-refractivity contribution in [2.24, 2.45) is 4.99 Å². The van der Waals surface area contributed by atoms with Crippen LogP contribution in [0.15, 0.2) is 23.3 Å². The van der Waals surface area contributed by atoms with E-state index in [0.29, 0.717) is 0 Å². The van der Waals surface area contributed by atoms with E-state index in [1.165, 1.54) is 0 Å². The van der Waals surface area contributed by atoms with Crippen molar-refractivity contribution in [3.63, 3.8) is 0 Å². The molecular weight excluding hydrogens is 220 g/mol. The quantitative estimate of drug-likeness (QED) is 0.729. The van der Waals surface area contributed by atoms with Gasteiger partial charge in [-0.05, 0) is 18.6 Å². The smallest absolute Gasteiger partial charge is 0.208 e. The zero-order valence-electron chi connectivity index (χ0n) is 9.05. The minimum Gasteiger partial charge on any atom is -0.345 e. The summed E-state index contributed by atoms with van der Waals surface area (Å²) in [5, 5.41) is 9.38. The molecule has 0 unspecified atom stereocenters. The first-order valence-electron chi connectivity index (χ1n) is 5.05. The highest BCUT2D eigenvalue weighted by molar-refractivity contribution is 8.14. The normalized spacial score (nSPS) is 17.8. The van der Waals surface area contributed by atoms with Crippen LogP contribution < -0.4 is 0 Å². The van der Waals surface area contributed by atoms with Crippen LogP contribution in [0.25, 0.3) is 0 Å². The van der Waals surface area contributed by atoms with Gasteiger partial charge in [-0.15, -0.1) is 4.99 Å². The first kappa shape index (κ1) is 11.0. The minimum atomic E-state index is 0.779. The van der Waals surface area contributed by atoms with Gasteiger partial charge in [0.1, 0.15) is 0 Å². The number of aliphatic imine (C=N–C) groups is 1. The van der Waals surface area contributed by atoms with E-state index in [1.54, 1.807) is 11.8 Å². The SMILES string of the molecule is Cc1ccc(CN2CCS/C2=N\C#N)cn1. The van der Waals surface area contributed by atoms with Crippen LogP contribution in [0.5, 0.6) is 0 Å². The number of nitrogens with zero attached hydrogens (tertiary/aromatic N) is 4. The third kappa shape index (κ3) is 2.52. The second kappa shape index (κ2) is 4.99. The Morgan fingerprint density at radius 3 is 3.19 bits per heavy atom. The molecule has 0 amide bonds. The number of hydrogen-bond donors (Lipinski definition) is 0. The Labute approximate surface area is 99.0 Å². The fourth-order valence-corrected chi connectivity index (χ4v) is 2.48. The maximum absolute atomic E-state index is 8.56. The zero-order valence-corrected chi connectivity index (χ0v) is 9.87. The number of pyridine rings is 1. The highest BCUT2D eigenvalue weighted by atomic mass is 32.2. The molecule has 0 atom stereocenters. The van der Waals surface area contributed by atoms with E-state index in [1.807, 2.05) is 25.4 Å². The molecule has 0 aromatic carbocycles. The number of aryl methyl sites for hydroxylation is 1. The molecule has 1 fully saturated rings. The van der Waals surface area contributed by atoms with Crippen LogP contribution >= 0.6 is 11.8 Å². The first-order chi connectivity index (χ1) is 7.79. The summed E-state index contributed by atoms with van der Waals surface area (Å²) < 4.78 is 0. The summed E-state index contributed by atoms with van der Waals surface area (Å²) in [6.07, 6.45) is 3.72. The van der Waals surface area contributed by atoms with Crippen molar-refractivity contribution < 1.29 is 0 Å². The lowest BCUT2D eigenvalue weighted by molar-refractivity contribution is 0.456. The van der Waals surface area contributed by atoms with Crippen molar-refractivity contribution in [1.82, 2.24) is 9.88 Å². The molecule has 0 aliphatic carbocycles. The van der Waals surface area contributed by atoms with E-state index in [-0.39, 0.29) is 0 Å². The molecule has 1 saturated heterocycles. The lowest BCUT2D eigenvalue weighted by Crippen LogP contribution is -2.23. The van der Waals surface area contributed by atoms with Crippen molar-refractivity contribution in [3.8, 4) is 6.19 Å². The summed E-state index contributed by atoms with van der Waals surface area (Å²) >= 11 is 1.63. The Bertz CT molecular complexity index is 432. The Balaban J connectivity index is 2.07. The summed E-state index contributed by atoms with van der Waals surface area (Å²) in [6, 6.07) is 4.06. The molecule has 2 heterocycles. The van der Waals surface area contributed by atoms with Crippen LogP contribution in [0, 0.1) is 18.4 Å². The van der Waals surface area contributed by atoms with Gasteiger partial charge in [-0.1, -0.05) is 17.8 Å². The summed E-state index contributed by atoms with van der Waals surface area (Å²) in [7, 11) is 0. The maximum Gasteiger partial charge on any atom is 0.208 e. The van der Waals surface area contributed by atoms with Gasteiger partial charge in [-0.2, -0.15) is 5.26 Å². The number of aromatic nitrogens is 1. The number of hydrogen-bond acceptors (Lipinski definition) is 4. The average Bonchev–Trinajstić information content (AvgIpc) is 2.70. The molecule has 0 spiro atoms. The molecule has 2 rings (SSSR count). The Morgan fingerprint density at radius 1 is 1.62 bits per heavy atom. The summed E-state index contributed by atoms with van der Waals surface area (Å²) in [6.45, 7) is 3.69. The number of amidine groups is 1. The molecular formula is C11H12N4S. The van der Waals surface area contributed by atoms with E-state index >= 15 is 0 Å². The summed E-state index contributed by atoms with van der Waals surface area (Å²) in [4.78, 5) is 10.2. The van der Waals surface area contributed by atoms with Gasteiger partial charge in [-0.3, -0.25) is 4.98 Å². The van der Waals surface area contributed by atoms with Gasteiger partial charge in [0.25, 0.3) is 0 Å². The van der Waals surface area contributed by atoms with Crippen LogP contribution in [0.3, 0.4) is 0 Å². The number of thioether (sulfide) groups is 1. The van der Waals surface area contributed by atoms with Crippen LogP contribution in [0.1, 0.15) is 11.3 Å². The van der Waals surface area contributed by atoms with Crippen molar-refractivity contribution in [3.05, 3.63) is 29.6 Å². The predicted octanol–water partition coefficient (Wildman–Crippen LogP) is 1.78. The van der Waals surface area contributed by atoms with E-state index in [0.717, 1.165) is 35.3 Å². The fourth-order valence-electron chi connectivity index (χ4n) is 1.54. The Hall–Kier alpha value is -1.54. The van der Waals surface area contributed by atoms with Crippen LogP contribution in [0.4, 0.5) is 0 Å². The van der Waals surface area contributed by atoms with Gasteiger partial charge in [0.05, 0.1) is 0 Å². The van der Waals surface area contributed by atoms with Crippen LogP contribution in [-0.4, -0.2) is 27.3 Å². The molecule has 16 heavy (non-hydrogen) atoms. The van der Waals surface area contributed by atoms with E-state index in [4.69, 9.17) is 5.26 Å². The predicted molar refractivity (Wildman–Crippen MR) is 64.9 cm³/mol. The van der Waals surface area contributed by atoms with Gasteiger partial charge < -0.3 is 4.90 Å². The standard InChI is InChI=1S/C11H12N4S/c1-9-2-3-10(6-13-9)7-15-4-5-16-11(15)14-8-12/h2-3,6H,4-5,7H2,1H3/b14-11-. The van der Waals surface area contributed by atoms with Gasteiger partial charge in [0, 0.05) is 30.7 Å². The molecule has 1 aromatic heterocycles. The zero-order chi connectivity index (χ0) is 11.4. The van der Waals surface area contributed by atoms with Gasteiger partial charge in [-0.25, -0.2) is 0 Å². The lowest BCUT2D eigenvalue weighted by Gasteiger charge is -2.16. The highest BCUT2D eigenvalue weighted by Crippen LogP contribution is 2.20. The van der Waals surface area contributed by atoms with Gasteiger partial charge >= 0.3 is 0 Å². The largest absolute Gasteiger partial charge is 0.345 e. The number of rotatable bonds is 2. The highest BCUT2D eigenvalue weighted by Gasteiger charge is 2.19. The van der Waals surface area contributed by atoms with E-state index in [9.17, 15) is 0 Å². The van der Waals surface area contributed by atoms with Crippen molar-refractivity contribution in [2.45, 2.75) is 13.5 Å². The molecule has 0 bridgehead atoms. The monoisotopic (exact) mass is 232 g/mol. The van der Waals surface area contributed by atoms with Crippen molar-refractivity contribution >= 4 is 16.9 Å². The van der Waals surface area contributed by atoms with E-state index in [2.05, 4.69) is 20.9 Å². The Morgan fingerprint density at radius 2 is 2.50 bits per heavy atom. The van der Waals surface area contributed by atoms with Crippen LogP contribution in [-0.2, 0) is 6.54 Å². The molecule has 1 aromatic rings. The third-order valence-corrected chi connectivity index (χ3v) is 3.35. The topological polar surface area (TPSA) is 52.3 Å². The lowest BCUT2D eigenvalue weighted by atomic mass is 10.2. The Kier molecular flexibility index (Phi) is 3.42. The molecule has 5 heteroatoms. The maximum atomic E-state index is 8.56. The molecule has 4 nitrogen and oxygen atoms in total. The third-order valence-electron chi connectivity index (χ3n) is 2.35. The van der Waals surface area contributed by atoms with Crippen LogP contribution in [0.2, 0.25) is 0 Å². The summed E-state index contributed by atoms with van der Waals surface area (Å²) in [5.74, 6) is 1.000. The summed E-state index contributed by atoms with van der Waals surface area (Å²) in [5.41, 5.74) is 2.17. The first-order valence-corrected chi connectivity index (χ1v) is 6.04. The molecule has 82 valence electrons. The van der Waals surface area contributed by atoms with Gasteiger partial charge in [0.15, 0.2) is 5.17 Å². The van der Waals surface area contributed by atoms with E-state index < -0.39 is 0 Å². The fraction of sp³-hybridized carbons (Fsp3) is 0.364. The van der Waals surface area contributed by atoms with Crippen molar-refractivity contribution in [1.29, 1.82) is 5.26 Å². The molecule has 1 aliphatic rings. The average molecular weight is 232 g/mol. The number of nitriles is 1. The minimum absolute atomic E-state index is 0.779. The second-order valence-corrected chi connectivity index (χ2v) is 4.63. The van der Waals surface area contributed by atoms with Crippen molar-refractivity contribution in [2.75, 3.05) is 12.3 Å². The van der Waals surface area contributed by atoms with Gasteiger partial charge in [0.2, 0.25) is 6.19 Å². The second-order valence-electron chi connectivity index (χ2n) is 3.57. The molecule has 0 radical (unpaired) electrons. The molecule has 0 saturated carbocycles.